The van der Waals surface area contributed by atoms with Gasteiger partial charge in [-0.3, -0.25) is 9.59 Å². The first kappa shape index (κ1) is 19.1. The first-order chi connectivity index (χ1) is 12.3. The second-order valence-corrected chi connectivity index (χ2v) is 9.08. The van der Waals surface area contributed by atoms with Crippen LogP contribution in [-0.4, -0.2) is 21.1 Å². The Kier molecular flexibility index (Phi) is 5.49. The van der Waals surface area contributed by atoms with Crippen molar-refractivity contribution in [1.29, 1.82) is 0 Å². The molecule has 1 amide bonds. The summed E-state index contributed by atoms with van der Waals surface area (Å²) < 4.78 is 0. The van der Waals surface area contributed by atoms with Crippen molar-refractivity contribution in [2.75, 3.05) is 0 Å². The SMILES string of the molecule is CCC(NC(=O)C1CCC(C(C)(C)C)CC1)c1nnc(C2CC2)[nH]c1=O. The monoisotopic (exact) mass is 360 g/mol. The van der Waals surface area contributed by atoms with Gasteiger partial charge in [0.25, 0.3) is 5.56 Å². The molecule has 1 aromatic rings. The fourth-order valence-corrected chi connectivity index (χ4v) is 4.00. The predicted octanol–water partition coefficient (Wildman–Crippen LogP) is 3.46. The number of rotatable bonds is 5. The molecule has 3 rings (SSSR count). The number of nitrogens with zero attached hydrogens (tertiary/aromatic N) is 2. The summed E-state index contributed by atoms with van der Waals surface area (Å²) in [5, 5.41) is 11.4. The molecule has 26 heavy (non-hydrogen) atoms. The Balaban J connectivity index is 1.61. The summed E-state index contributed by atoms with van der Waals surface area (Å²) in [5.74, 6) is 1.81. The van der Waals surface area contributed by atoms with E-state index in [2.05, 4.69) is 41.3 Å². The molecule has 2 fully saturated rings. The van der Waals surface area contributed by atoms with Gasteiger partial charge in [0.05, 0.1) is 6.04 Å². The standard InChI is InChI=1S/C20H32N4O2/c1-5-15(16-19(26)22-17(24-23-16)12-6-7-12)21-18(25)13-8-10-14(11-9-13)20(2,3)4/h12-15H,5-11H2,1-4H3,(H,21,25)(H,22,24,26). The molecule has 2 N–H and O–H groups in total. The summed E-state index contributed by atoms with van der Waals surface area (Å²) >= 11 is 0. The molecule has 6 nitrogen and oxygen atoms in total. The molecule has 2 aliphatic rings. The van der Waals surface area contributed by atoms with Gasteiger partial charge < -0.3 is 10.3 Å². The highest BCUT2D eigenvalue weighted by molar-refractivity contribution is 5.79. The molecule has 0 bridgehead atoms. The average molecular weight is 361 g/mol. The molecule has 0 aliphatic heterocycles. The van der Waals surface area contributed by atoms with Crippen molar-refractivity contribution in [2.24, 2.45) is 17.3 Å². The molecule has 0 aromatic carbocycles. The van der Waals surface area contributed by atoms with Crippen LogP contribution in [0.2, 0.25) is 0 Å². The maximum absolute atomic E-state index is 12.7. The first-order valence-electron chi connectivity index (χ1n) is 10.1. The number of carbonyl (C=O) groups excluding carboxylic acids is 1. The third-order valence-electron chi connectivity index (χ3n) is 6.08. The van der Waals surface area contributed by atoms with E-state index in [1.807, 2.05) is 6.92 Å². The number of nitrogens with one attached hydrogen (secondary N) is 2. The van der Waals surface area contributed by atoms with Gasteiger partial charge in [0.2, 0.25) is 5.91 Å². The van der Waals surface area contributed by atoms with Crippen LogP contribution in [0.3, 0.4) is 0 Å². The maximum Gasteiger partial charge on any atom is 0.275 e. The van der Waals surface area contributed by atoms with E-state index in [0.29, 0.717) is 35.2 Å². The molecule has 0 radical (unpaired) electrons. The van der Waals surface area contributed by atoms with Crippen molar-refractivity contribution in [2.45, 2.75) is 84.6 Å². The topological polar surface area (TPSA) is 87.7 Å². The minimum atomic E-state index is -0.368. The number of H-pyrrole nitrogens is 1. The minimum Gasteiger partial charge on any atom is -0.347 e. The van der Waals surface area contributed by atoms with Crippen molar-refractivity contribution in [1.82, 2.24) is 20.5 Å². The lowest BCUT2D eigenvalue weighted by molar-refractivity contribution is -0.127. The van der Waals surface area contributed by atoms with E-state index < -0.39 is 0 Å². The number of carbonyl (C=O) groups is 1. The minimum absolute atomic E-state index is 0.0421. The summed E-state index contributed by atoms with van der Waals surface area (Å²) in [5.41, 5.74) is 0.415. The number of hydrogen-bond donors (Lipinski definition) is 2. The van der Waals surface area contributed by atoms with E-state index in [4.69, 9.17) is 0 Å². The molecule has 0 saturated heterocycles. The highest BCUT2D eigenvalue weighted by Crippen LogP contribution is 2.40. The lowest BCUT2D eigenvalue weighted by atomic mass is 9.69. The predicted molar refractivity (Wildman–Crippen MR) is 101 cm³/mol. The lowest BCUT2D eigenvalue weighted by Gasteiger charge is -2.36. The zero-order valence-corrected chi connectivity index (χ0v) is 16.5. The van der Waals surface area contributed by atoms with E-state index in [9.17, 15) is 9.59 Å². The largest absolute Gasteiger partial charge is 0.347 e. The lowest BCUT2D eigenvalue weighted by Crippen LogP contribution is -2.39. The van der Waals surface area contributed by atoms with Gasteiger partial charge in [0, 0.05) is 11.8 Å². The molecule has 0 spiro atoms. The van der Waals surface area contributed by atoms with Gasteiger partial charge in [0.15, 0.2) is 5.69 Å². The van der Waals surface area contributed by atoms with Crippen LogP contribution in [-0.2, 0) is 4.79 Å². The van der Waals surface area contributed by atoms with E-state index in [-0.39, 0.29) is 23.4 Å². The van der Waals surface area contributed by atoms with Crippen LogP contribution in [0.4, 0.5) is 0 Å². The Morgan fingerprint density at radius 3 is 2.31 bits per heavy atom. The van der Waals surface area contributed by atoms with Crippen LogP contribution in [0.1, 0.15) is 96.1 Å². The van der Waals surface area contributed by atoms with Gasteiger partial charge in [-0.1, -0.05) is 27.7 Å². The Bertz CT molecular complexity index is 694. The van der Waals surface area contributed by atoms with E-state index >= 15 is 0 Å². The molecule has 2 aliphatic carbocycles. The Morgan fingerprint density at radius 2 is 1.81 bits per heavy atom. The highest BCUT2D eigenvalue weighted by atomic mass is 16.2. The van der Waals surface area contributed by atoms with E-state index in [1.165, 1.54) is 0 Å². The normalized spacial score (nSPS) is 24.9. The van der Waals surface area contributed by atoms with Crippen molar-refractivity contribution in [3.63, 3.8) is 0 Å². The fraction of sp³-hybridized carbons (Fsp3) is 0.800. The van der Waals surface area contributed by atoms with E-state index in [1.54, 1.807) is 0 Å². The number of aromatic amines is 1. The van der Waals surface area contributed by atoms with Crippen molar-refractivity contribution in [3.8, 4) is 0 Å². The van der Waals surface area contributed by atoms with Gasteiger partial charge in [-0.2, -0.15) is 0 Å². The first-order valence-corrected chi connectivity index (χ1v) is 10.1. The molecule has 144 valence electrons. The van der Waals surface area contributed by atoms with Crippen LogP contribution in [0, 0.1) is 17.3 Å². The molecule has 6 heteroatoms. The maximum atomic E-state index is 12.7. The molecular weight excluding hydrogens is 328 g/mol. The summed E-state index contributed by atoms with van der Waals surface area (Å²) in [6.45, 7) is 8.79. The molecule has 1 aromatic heterocycles. The summed E-state index contributed by atoms with van der Waals surface area (Å²) in [6.07, 6.45) is 6.79. The Morgan fingerprint density at radius 1 is 1.15 bits per heavy atom. The number of amides is 1. The number of aromatic nitrogens is 3. The van der Waals surface area contributed by atoms with Crippen molar-refractivity contribution < 1.29 is 4.79 Å². The quantitative estimate of drug-likeness (QED) is 0.842. The van der Waals surface area contributed by atoms with Gasteiger partial charge in [-0.25, -0.2) is 0 Å². The average Bonchev–Trinajstić information content (AvgIpc) is 3.44. The van der Waals surface area contributed by atoms with Gasteiger partial charge >= 0.3 is 0 Å². The van der Waals surface area contributed by atoms with Crippen LogP contribution < -0.4 is 10.9 Å². The number of hydrogen-bond acceptors (Lipinski definition) is 4. The van der Waals surface area contributed by atoms with Gasteiger partial charge in [0.1, 0.15) is 5.82 Å². The van der Waals surface area contributed by atoms with Gasteiger partial charge in [-0.15, -0.1) is 10.2 Å². The van der Waals surface area contributed by atoms with E-state index in [0.717, 1.165) is 38.5 Å². The third kappa shape index (κ3) is 4.33. The van der Waals surface area contributed by atoms with Crippen LogP contribution in [0.5, 0.6) is 0 Å². The summed E-state index contributed by atoms with van der Waals surface area (Å²) in [6, 6.07) is -0.368. The molecule has 1 atom stereocenters. The smallest absolute Gasteiger partial charge is 0.275 e. The second-order valence-electron chi connectivity index (χ2n) is 9.08. The molecular formula is C20H32N4O2. The Labute approximate surface area is 155 Å². The Hall–Kier alpha value is -1.72. The highest BCUT2D eigenvalue weighted by Gasteiger charge is 2.33. The molecule has 1 unspecified atom stereocenters. The van der Waals surface area contributed by atoms with Crippen LogP contribution in [0.15, 0.2) is 4.79 Å². The zero-order valence-electron chi connectivity index (χ0n) is 16.5. The van der Waals surface area contributed by atoms with Crippen LogP contribution >= 0.6 is 0 Å². The second kappa shape index (κ2) is 7.49. The molecule has 1 heterocycles. The van der Waals surface area contributed by atoms with Crippen molar-refractivity contribution in [3.05, 3.63) is 21.9 Å². The molecule has 2 saturated carbocycles. The van der Waals surface area contributed by atoms with Gasteiger partial charge in [-0.05, 0) is 56.3 Å². The zero-order chi connectivity index (χ0) is 18.9. The fourth-order valence-electron chi connectivity index (χ4n) is 4.00. The summed E-state index contributed by atoms with van der Waals surface area (Å²) in [7, 11) is 0. The third-order valence-corrected chi connectivity index (χ3v) is 6.08. The summed E-state index contributed by atoms with van der Waals surface area (Å²) in [4.78, 5) is 27.9. The van der Waals surface area contributed by atoms with Crippen molar-refractivity contribution >= 4 is 5.91 Å². The van der Waals surface area contributed by atoms with Crippen LogP contribution in [0.25, 0.3) is 0 Å².